The molecule has 220 valence electrons. The molecule has 5 rings (SSSR count). The monoisotopic (exact) mass is 597 g/mol. The lowest BCUT2D eigenvalue weighted by molar-refractivity contribution is -0.143. The van der Waals surface area contributed by atoms with Gasteiger partial charge in [0.05, 0.1) is 14.2 Å². The molecule has 0 spiro atoms. The number of hydrogen-bond donors (Lipinski definition) is 0. The van der Waals surface area contributed by atoms with Crippen molar-refractivity contribution in [2.75, 3.05) is 14.2 Å². The number of rotatable bonds is 11. The van der Waals surface area contributed by atoms with E-state index in [0.29, 0.717) is 34.3 Å². The Hall–Kier alpha value is -4.76. The number of hydrogen-bond acceptors (Lipinski definition) is 9. The van der Waals surface area contributed by atoms with Crippen molar-refractivity contribution in [3.05, 3.63) is 119 Å². The van der Waals surface area contributed by atoms with Gasteiger partial charge < -0.3 is 23.7 Å². The summed E-state index contributed by atoms with van der Waals surface area (Å²) in [6, 6.07) is 29.4. The van der Waals surface area contributed by atoms with E-state index < -0.39 is 24.1 Å². The first-order valence-electron chi connectivity index (χ1n) is 13.6. The first kappa shape index (κ1) is 29.7. The molecule has 1 aliphatic rings. The Bertz CT molecular complexity index is 1590. The van der Waals surface area contributed by atoms with Gasteiger partial charge in [-0.3, -0.25) is 4.79 Å². The van der Waals surface area contributed by atoms with Gasteiger partial charge in [-0.15, -0.1) is 11.8 Å². The van der Waals surface area contributed by atoms with Crippen molar-refractivity contribution >= 4 is 29.6 Å². The normalized spacial score (nSPS) is 15.7. The van der Waals surface area contributed by atoms with Gasteiger partial charge in [0.1, 0.15) is 12.4 Å². The Balaban J connectivity index is 1.56. The van der Waals surface area contributed by atoms with Crippen LogP contribution in [0, 0.1) is 0 Å². The van der Waals surface area contributed by atoms with E-state index in [-0.39, 0.29) is 12.4 Å². The van der Waals surface area contributed by atoms with Crippen LogP contribution in [0.5, 0.6) is 17.2 Å². The molecule has 0 amide bonds. The molecule has 2 atom stereocenters. The molecular formula is C34H31NO7S. The second-order valence-corrected chi connectivity index (χ2v) is 10.7. The predicted molar refractivity (Wildman–Crippen MR) is 164 cm³/mol. The van der Waals surface area contributed by atoms with Crippen molar-refractivity contribution in [2.24, 2.45) is 4.99 Å². The summed E-state index contributed by atoms with van der Waals surface area (Å²) in [6.45, 7) is 1.58. The maximum absolute atomic E-state index is 13.0. The van der Waals surface area contributed by atoms with Gasteiger partial charge in [0.2, 0.25) is 5.90 Å². The Morgan fingerprint density at radius 3 is 2.16 bits per heavy atom. The molecule has 0 aromatic heterocycles. The number of esters is 2. The van der Waals surface area contributed by atoms with Gasteiger partial charge >= 0.3 is 11.9 Å². The van der Waals surface area contributed by atoms with Gasteiger partial charge in [0, 0.05) is 28.7 Å². The van der Waals surface area contributed by atoms with Crippen LogP contribution in [-0.4, -0.2) is 38.1 Å². The van der Waals surface area contributed by atoms with Crippen molar-refractivity contribution in [2.45, 2.75) is 36.3 Å². The topological polar surface area (TPSA) is 92.7 Å². The average molecular weight is 598 g/mol. The molecule has 4 aromatic rings. The third kappa shape index (κ3) is 7.37. The van der Waals surface area contributed by atoms with E-state index in [0.717, 1.165) is 16.0 Å². The first-order chi connectivity index (χ1) is 20.9. The Kier molecular flexibility index (Phi) is 9.63. The lowest BCUT2D eigenvalue weighted by Gasteiger charge is -2.22. The minimum absolute atomic E-state index is 0.241. The highest BCUT2D eigenvalue weighted by atomic mass is 32.2. The highest BCUT2D eigenvalue weighted by Crippen LogP contribution is 2.44. The summed E-state index contributed by atoms with van der Waals surface area (Å²) >= 11 is 1.53. The van der Waals surface area contributed by atoms with Gasteiger partial charge in [-0.1, -0.05) is 60.7 Å². The van der Waals surface area contributed by atoms with Gasteiger partial charge in [-0.05, 0) is 47.5 Å². The van der Waals surface area contributed by atoms with Crippen LogP contribution in [0.25, 0.3) is 0 Å². The molecule has 0 bridgehead atoms. The van der Waals surface area contributed by atoms with Crippen molar-refractivity contribution in [3.63, 3.8) is 0 Å². The molecule has 1 aliphatic heterocycles. The molecule has 1 heterocycles. The van der Waals surface area contributed by atoms with Gasteiger partial charge in [0.25, 0.3) is 0 Å². The van der Waals surface area contributed by atoms with Gasteiger partial charge in [-0.2, -0.15) is 0 Å². The van der Waals surface area contributed by atoms with Gasteiger partial charge in [0.15, 0.2) is 23.6 Å². The van der Waals surface area contributed by atoms with Crippen LogP contribution in [-0.2, 0) is 31.4 Å². The standard InChI is InChI=1S/C34H31NO7S/c1-22(36)41-29-19-30(43-21-24-12-8-5-9-13-24)27(18-28(29)40-20-23-10-6-4-7-11-23)32-31(34(37)39-3)35-33(42-32)25-14-16-26(38-2)17-15-25/h4-19,31-32H,20-21H2,1-3H3/t31-,32-/m1/s1. The van der Waals surface area contributed by atoms with E-state index >= 15 is 0 Å². The van der Waals surface area contributed by atoms with E-state index in [9.17, 15) is 9.59 Å². The van der Waals surface area contributed by atoms with Crippen molar-refractivity contribution in [3.8, 4) is 17.2 Å². The van der Waals surface area contributed by atoms with Crippen LogP contribution in [0.1, 0.15) is 35.3 Å². The quantitative estimate of drug-likeness (QED) is 0.109. The summed E-state index contributed by atoms with van der Waals surface area (Å²) in [4.78, 5) is 30.5. The number of methoxy groups -OCH3 is 2. The van der Waals surface area contributed by atoms with Crippen molar-refractivity contribution < 1.29 is 33.3 Å². The van der Waals surface area contributed by atoms with Crippen molar-refractivity contribution in [1.29, 1.82) is 0 Å². The Morgan fingerprint density at radius 2 is 1.53 bits per heavy atom. The summed E-state index contributed by atoms with van der Waals surface area (Å²) < 4.78 is 28.6. The third-order valence-electron chi connectivity index (χ3n) is 6.67. The van der Waals surface area contributed by atoms with Crippen LogP contribution < -0.4 is 14.2 Å². The smallest absolute Gasteiger partial charge is 0.335 e. The molecule has 43 heavy (non-hydrogen) atoms. The Morgan fingerprint density at radius 1 is 0.860 bits per heavy atom. The number of thioether (sulfide) groups is 1. The fourth-order valence-electron chi connectivity index (χ4n) is 4.54. The number of nitrogens with zero attached hydrogens (tertiary/aromatic N) is 1. The minimum Gasteiger partial charge on any atom is -0.497 e. The summed E-state index contributed by atoms with van der Waals surface area (Å²) in [5.74, 6) is 1.20. The van der Waals surface area contributed by atoms with Crippen LogP contribution in [0.2, 0.25) is 0 Å². The van der Waals surface area contributed by atoms with Gasteiger partial charge in [-0.25, -0.2) is 9.79 Å². The molecule has 0 saturated carbocycles. The van der Waals surface area contributed by atoms with Crippen LogP contribution in [0.4, 0.5) is 0 Å². The number of aliphatic imine (C=N–C) groups is 1. The minimum atomic E-state index is -0.972. The van der Waals surface area contributed by atoms with Crippen LogP contribution >= 0.6 is 11.8 Å². The lowest BCUT2D eigenvalue weighted by Crippen LogP contribution is -2.25. The second kappa shape index (κ2) is 13.9. The summed E-state index contributed by atoms with van der Waals surface area (Å²) in [7, 11) is 2.91. The highest BCUT2D eigenvalue weighted by molar-refractivity contribution is 7.98. The second-order valence-electron chi connectivity index (χ2n) is 9.65. The zero-order chi connectivity index (χ0) is 30.2. The molecule has 8 nitrogen and oxygen atoms in total. The average Bonchev–Trinajstić information content (AvgIpc) is 3.49. The third-order valence-corrected chi connectivity index (χ3v) is 7.81. The van der Waals surface area contributed by atoms with E-state index in [1.165, 1.54) is 25.8 Å². The number of carbonyl (C=O) groups excluding carboxylic acids is 2. The molecule has 0 aliphatic carbocycles. The maximum Gasteiger partial charge on any atom is 0.335 e. The lowest BCUT2D eigenvalue weighted by atomic mass is 10.0. The molecule has 9 heteroatoms. The first-order valence-corrected chi connectivity index (χ1v) is 14.6. The molecular weight excluding hydrogens is 566 g/mol. The number of benzene rings is 4. The van der Waals surface area contributed by atoms with Crippen LogP contribution in [0.15, 0.2) is 107 Å². The number of ether oxygens (including phenoxy) is 5. The summed E-state index contributed by atoms with van der Waals surface area (Å²) in [6.07, 6.45) is -0.826. The zero-order valence-corrected chi connectivity index (χ0v) is 24.8. The highest BCUT2D eigenvalue weighted by Gasteiger charge is 2.41. The largest absolute Gasteiger partial charge is 0.497 e. The predicted octanol–water partition coefficient (Wildman–Crippen LogP) is 6.55. The van der Waals surface area contributed by atoms with E-state index in [1.54, 1.807) is 31.4 Å². The van der Waals surface area contributed by atoms with Crippen LogP contribution in [0.3, 0.4) is 0 Å². The molecule has 0 saturated heterocycles. The van der Waals surface area contributed by atoms with E-state index in [2.05, 4.69) is 4.99 Å². The number of carbonyl (C=O) groups is 2. The van der Waals surface area contributed by atoms with Crippen molar-refractivity contribution in [1.82, 2.24) is 0 Å². The molecule has 4 aromatic carbocycles. The molecule has 0 N–H and O–H groups in total. The zero-order valence-electron chi connectivity index (χ0n) is 24.0. The molecule has 0 radical (unpaired) electrons. The van der Waals surface area contributed by atoms with E-state index in [1.807, 2.05) is 72.8 Å². The molecule has 0 unspecified atom stereocenters. The molecule has 0 fully saturated rings. The van der Waals surface area contributed by atoms with E-state index in [4.69, 9.17) is 23.7 Å². The SMILES string of the molecule is COC(=O)[C@@H]1N=C(c2ccc(OC)cc2)O[C@@H]1c1cc(OCc2ccccc2)c(OC(C)=O)cc1SCc1ccccc1. The summed E-state index contributed by atoms with van der Waals surface area (Å²) in [5.41, 5.74) is 3.38. The fourth-order valence-corrected chi connectivity index (χ4v) is 5.59. The fraction of sp³-hybridized carbons (Fsp3) is 0.206. The Labute approximate surface area is 254 Å². The summed E-state index contributed by atoms with van der Waals surface area (Å²) in [5, 5.41) is 0. The maximum atomic E-state index is 13.0.